The van der Waals surface area contributed by atoms with Gasteiger partial charge in [-0.3, -0.25) is 0 Å². The number of nitrogens with zero attached hydrogens (tertiary/aromatic N) is 1. The van der Waals surface area contributed by atoms with Gasteiger partial charge in [-0.05, 0) is 44.0 Å². The molecule has 2 aromatic carbocycles. The van der Waals surface area contributed by atoms with E-state index in [-0.39, 0.29) is 6.10 Å². The molecule has 0 spiro atoms. The Balaban J connectivity index is 2.08. The minimum Gasteiger partial charge on any atom is -0.489 e. The maximum absolute atomic E-state index is 5.97. The molecule has 0 aliphatic heterocycles. The first kappa shape index (κ1) is 17.4. The summed E-state index contributed by atoms with van der Waals surface area (Å²) in [6, 6.07) is 17.3. The third-order valence-corrected chi connectivity index (χ3v) is 3.78. The molecule has 0 saturated carbocycles. The van der Waals surface area contributed by atoms with Crippen LogP contribution in [0.3, 0.4) is 0 Å². The number of hydrogen-bond donors (Lipinski definition) is 1. The first-order valence-corrected chi connectivity index (χ1v) is 8.22. The zero-order chi connectivity index (χ0) is 16.8. The number of ether oxygens (including phenoxy) is 1. The SMILES string of the molecule is CC(C)Oc1cc(CNC(C)c2ccccc2)ccc1N(C)C. The maximum Gasteiger partial charge on any atom is 0.143 e. The predicted octanol–water partition coefficient (Wildman–Crippen LogP) is 4.39. The molecule has 0 bridgehead atoms. The molecule has 124 valence electrons. The molecule has 2 rings (SSSR count). The normalized spacial score (nSPS) is 12.3. The number of nitrogens with one attached hydrogen (secondary N) is 1. The van der Waals surface area contributed by atoms with E-state index in [0.717, 1.165) is 18.0 Å². The van der Waals surface area contributed by atoms with E-state index in [1.54, 1.807) is 0 Å². The fraction of sp³-hybridized carbons (Fsp3) is 0.400. The van der Waals surface area contributed by atoms with Crippen LogP contribution in [0.1, 0.15) is 37.9 Å². The van der Waals surface area contributed by atoms with Crippen molar-refractivity contribution < 1.29 is 4.74 Å². The highest BCUT2D eigenvalue weighted by Crippen LogP contribution is 2.29. The molecule has 2 aromatic rings. The Bertz CT molecular complexity index is 608. The molecule has 23 heavy (non-hydrogen) atoms. The topological polar surface area (TPSA) is 24.5 Å². The lowest BCUT2D eigenvalue weighted by atomic mass is 10.1. The van der Waals surface area contributed by atoms with Crippen molar-refractivity contribution in [2.24, 2.45) is 0 Å². The van der Waals surface area contributed by atoms with Gasteiger partial charge in [0.05, 0.1) is 11.8 Å². The van der Waals surface area contributed by atoms with Crippen LogP contribution in [0.5, 0.6) is 5.75 Å². The molecule has 3 heteroatoms. The largest absolute Gasteiger partial charge is 0.489 e. The summed E-state index contributed by atoms with van der Waals surface area (Å²) in [7, 11) is 4.08. The van der Waals surface area contributed by atoms with Gasteiger partial charge in [0, 0.05) is 26.7 Å². The Morgan fingerprint density at radius 1 is 1.00 bits per heavy atom. The Labute approximate surface area is 140 Å². The summed E-state index contributed by atoms with van der Waals surface area (Å²) in [5.41, 5.74) is 3.64. The van der Waals surface area contributed by atoms with Crippen LogP contribution in [0.4, 0.5) is 5.69 Å². The second kappa shape index (κ2) is 8.02. The van der Waals surface area contributed by atoms with E-state index in [0.29, 0.717) is 6.04 Å². The predicted molar refractivity (Wildman–Crippen MR) is 98.2 cm³/mol. The molecule has 3 nitrogen and oxygen atoms in total. The Morgan fingerprint density at radius 3 is 2.30 bits per heavy atom. The zero-order valence-electron chi connectivity index (χ0n) is 14.8. The van der Waals surface area contributed by atoms with E-state index in [1.165, 1.54) is 11.1 Å². The average molecular weight is 312 g/mol. The summed E-state index contributed by atoms with van der Waals surface area (Å²) in [5.74, 6) is 0.941. The summed E-state index contributed by atoms with van der Waals surface area (Å²) in [5, 5.41) is 3.58. The first-order valence-electron chi connectivity index (χ1n) is 8.22. The van der Waals surface area contributed by atoms with E-state index in [9.17, 15) is 0 Å². The molecule has 0 aromatic heterocycles. The second-order valence-electron chi connectivity index (χ2n) is 6.38. The van der Waals surface area contributed by atoms with Gasteiger partial charge in [0.1, 0.15) is 5.75 Å². The number of anilines is 1. The van der Waals surface area contributed by atoms with Crippen molar-refractivity contribution in [1.82, 2.24) is 5.32 Å². The molecule has 0 amide bonds. The van der Waals surface area contributed by atoms with E-state index < -0.39 is 0 Å². The summed E-state index contributed by atoms with van der Waals surface area (Å²) < 4.78 is 5.97. The molecule has 0 aliphatic carbocycles. The fourth-order valence-electron chi connectivity index (χ4n) is 2.52. The van der Waals surface area contributed by atoms with Crippen molar-refractivity contribution in [3.8, 4) is 5.75 Å². The zero-order valence-corrected chi connectivity index (χ0v) is 14.8. The van der Waals surface area contributed by atoms with Gasteiger partial charge in [-0.25, -0.2) is 0 Å². The second-order valence-corrected chi connectivity index (χ2v) is 6.38. The van der Waals surface area contributed by atoms with Crippen LogP contribution in [0, 0.1) is 0 Å². The molecular weight excluding hydrogens is 284 g/mol. The molecule has 1 atom stereocenters. The van der Waals surface area contributed by atoms with Gasteiger partial charge in [-0.15, -0.1) is 0 Å². The third kappa shape index (κ3) is 5.00. The molecule has 0 saturated heterocycles. The molecule has 0 radical (unpaired) electrons. The van der Waals surface area contributed by atoms with Crippen LogP contribution in [0.2, 0.25) is 0 Å². The van der Waals surface area contributed by atoms with Crippen LogP contribution in [0.15, 0.2) is 48.5 Å². The lowest BCUT2D eigenvalue weighted by Gasteiger charge is -2.21. The van der Waals surface area contributed by atoms with Crippen molar-refractivity contribution in [1.29, 1.82) is 0 Å². The van der Waals surface area contributed by atoms with E-state index in [4.69, 9.17) is 4.74 Å². The van der Waals surface area contributed by atoms with Gasteiger partial charge < -0.3 is 15.0 Å². The molecule has 1 N–H and O–H groups in total. The van der Waals surface area contributed by atoms with Crippen molar-refractivity contribution in [2.45, 2.75) is 39.5 Å². The highest BCUT2D eigenvalue weighted by molar-refractivity contribution is 5.59. The van der Waals surface area contributed by atoms with Crippen molar-refractivity contribution in [2.75, 3.05) is 19.0 Å². The fourth-order valence-corrected chi connectivity index (χ4v) is 2.52. The van der Waals surface area contributed by atoms with Gasteiger partial charge in [0.25, 0.3) is 0 Å². The lowest BCUT2D eigenvalue weighted by molar-refractivity contribution is 0.243. The molecular formula is C20H28N2O. The third-order valence-electron chi connectivity index (χ3n) is 3.78. The lowest BCUT2D eigenvalue weighted by Crippen LogP contribution is -2.19. The maximum atomic E-state index is 5.97. The van der Waals surface area contributed by atoms with Gasteiger partial charge >= 0.3 is 0 Å². The number of rotatable bonds is 7. The van der Waals surface area contributed by atoms with Gasteiger partial charge in [0.2, 0.25) is 0 Å². The minimum absolute atomic E-state index is 0.167. The van der Waals surface area contributed by atoms with Crippen LogP contribution >= 0.6 is 0 Å². The summed E-state index contributed by atoms with van der Waals surface area (Å²) in [4.78, 5) is 2.08. The number of benzene rings is 2. The average Bonchev–Trinajstić information content (AvgIpc) is 2.52. The van der Waals surface area contributed by atoms with Crippen LogP contribution in [-0.4, -0.2) is 20.2 Å². The van der Waals surface area contributed by atoms with Crippen LogP contribution in [-0.2, 0) is 6.54 Å². The Hall–Kier alpha value is -2.00. The minimum atomic E-state index is 0.167. The molecule has 0 heterocycles. The Kier molecular flexibility index (Phi) is 6.05. The quantitative estimate of drug-likeness (QED) is 0.820. The summed E-state index contributed by atoms with van der Waals surface area (Å²) in [6.45, 7) is 7.12. The summed E-state index contributed by atoms with van der Waals surface area (Å²) >= 11 is 0. The summed E-state index contributed by atoms with van der Waals surface area (Å²) in [6.07, 6.45) is 0.167. The van der Waals surface area contributed by atoms with Crippen LogP contribution < -0.4 is 15.0 Å². The van der Waals surface area contributed by atoms with E-state index in [2.05, 4.69) is 73.5 Å². The molecule has 0 fully saturated rings. The molecule has 1 unspecified atom stereocenters. The van der Waals surface area contributed by atoms with Crippen molar-refractivity contribution >= 4 is 5.69 Å². The van der Waals surface area contributed by atoms with E-state index in [1.807, 2.05) is 20.2 Å². The molecule has 0 aliphatic rings. The van der Waals surface area contributed by atoms with Gasteiger partial charge in [0.15, 0.2) is 0 Å². The monoisotopic (exact) mass is 312 g/mol. The highest BCUT2D eigenvalue weighted by atomic mass is 16.5. The number of hydrogen-bond acceptors (Lipinski definition) is 3. The van der Waals surface area contributed by atoms with Gasteiger partial charge in [-0.1, -0.05) is 36.4 Å². The standard InChI is InChI=1S/C20H28N2O/c1-15(2)23-20-13-17(11-12-19(20)22(4)5)14-21-16(3)18-9-7-6-8-10-18/h6-13,15-16,21H,14H2,1-5H3. The van der Waals surface area contributed by atoms with E-state index >= 15 is 0 Å². The van der Waals surface area contributed by atoms with Crippen molar-refractivity contribution in [3.05, 3.63) is 59.7 Å². The van der Waals surface area contributed by atoms with Crippen molar-refractivity contribution in [3.63, 3.8) is 0 Å². The first-order chi connectivity index (χ1) is 11.0. The smallest absolute Gasteiger partial charge is 0.143 e. The van der Waals surface area contributed by atoms with Crippen LogP contribution in [0.25, 0.3) is 0 Å². The van der Waals surface area contributed by atoms with Gasteiger partial charge in [-0.2, -0.15) is 0 Å². The Morgan fingerprint density at radius 2 is 1.70 bits per heavy atom. The highest BCUT2D eigenvalue weighted by Gasteiger charge is 2.10.